The molecule has 0 spiro atoms. The van der Waals surface area contributed by atoms with Crippen LogP contribution in [0.4, 0.5) is 23.7 Å². The number of oxime groups is 1. The first-order valence-electron chi connectivity index (χ1n) is 6.05. The van der Waals surface area contributed by atoms with Crippen LogP contribution in [0, 0.1) is 0 Å². The third kappa shape index (κ3) is 4.58. The third-order valence-electron chi connectivity index (χ3n) is 2.47. The van der Waals surface area contributed by atoms with Crippen LogP contribution in [-0.2, 0) is 11.0 Å². The molecule has 5 nitrogen and oxygen atoms in total. The van der Waals surface area contributed by atoms with Crippen molar-refractivity contribution in [2.24, 2.45) is 5.16 Å². The topological polar surface area (TPSA) is 63.6 Å². The van der Waals surface area contributed by atoms with E-state index in [1.54, 1.807) is 24.4 Å². The predicted octanol–water partition coefficient (Wildman–Crippen LogP) is 3.68. The molecule has 0 saturated heterocycles. The Hall–Kier alpha value is -2.90. The van der Waals surface area contributed by atoms with E-state index >= 15 is 0 Å². The second-order valence-corrected chi connectivity index (χ2v) is 4.07. The van der Waals surface area contributed by atoms with Crippen molar-refractivity contribution in [1.29, 1.82) is 0 Å². The van der Waals surface area contributed by atoms with Gasteiger partial charge < -0.3 is 0 Å². The lowest BCUT2D eigenvalue weighted by molar-refractivity contribution is -0.137. The molecule has 0 atom stereocenters. The molecule has 0 unspecified atom stereocenters. The summed E-state index contributed by atoms with van der Waals surface area (Å²) in [6, 6.07) is 9.05. The molecule has 0 aliphatic heterocycles. The highest BCUT2D eigenvalue weighted by molar-refractivity contribution is 5.85. The number of benzene rings is 1. The molecule has 22 heavy (non-hydrogen) atoms. The summed E-state index contributed by atoms with van der Waals surface area (Å²) in [6.07, 6.45) is -2.57. The third-order valence-corrected chi connectivity index (χ3v) is 2.47. The number of hydrogen-bond acceptors (Lipinski definition) is 4. The van der Waals surface area contributed by atoms with E-state index in [9.17, 15) is 18.0 Å². The molecule has 0 bridgehead atoms. The van der Waals surface area contributed by atoms with Crippen molar-refractivity contribution >= 4 is 18.0 Å². The van der Waals surface area contributed by atoms with E-state index in [1.165, 1.54) is 6.21 Å². The Kier molecular flexibility index (Phi) is 4.72. The summed E-state index contributed by atoms with van der Waals surface area (Å²) >= 11 is 0. The van der Waals surface area contributed by atoms with Crippen molar-refractivity contribution in [1.82, 2.24) is 4.98 Å². The maximum atomic E-state index is 12.4. The number of alkyl halides is 3. The van der Waals surface area contributed by atoms with Crippen LogP contribution in [0.15, 0.2) is 53.8 Å². The fourth-order valence-electron chi connectivity index (χ4n) is 1.46. The molecule has 8 heteroatoms. The monoisotopic (exact) mass is 309 g/mol. The summed E-state index contributed by atoms with van der Waals surface area (Å²) in [5.41, 5.74) is -0.157. The van der Waals surface area contributed by atoms with Gasteiger partial charge in [0, 0.05) is 11.9 Å². The van der Waals surface area contributed by atoms with Crippen molar-refractivity contribution in [3.05, 3.63) is 59.9 Å². The molecule has 1 amide bonds. The van der Waals surface area contributed by atoms with Gasteiger partial charge in [0.1, 0.15) is 0 Å². The first-order valence-corrected chi connectivity index (χ1v) is 6.05. The molecular weight excluding hydrogens is 299 g/mol. The van der Waals surface area contributed by atoms with Gasteiger partial charge in [-0.2, -0.15) is 13.2 Å². The first-order chi connectivity index (χ1) is 10.4. The fraction of sp³-hybridized carbons (Fsp3) is 0.0714. The Morgan fingerprint density at radius 3 is 2.50 bits per heavy atom. The smallest absolute Gasteiger partial charge is 0.298 e. The normalized spacial score (nSPS) is 11.4. The van der Waals surface area contributed by atoms with Crippen LogP contribution in [0.1, 0.15) is 11.3 Å². The molecule has 0 radical (unpaired) electrons. The Balaban J connectivity index is 1.88. The second kappa shape index (κ2) is 6.70. The maximum Gasteiger partial charge on any atom is 0.437 e. The standard InChI is InChI=1S/C14H10F3N3O2/c15-14(16,17)10-4-6-11(7-5-10)20-13(21)22-19-9-12-3-1-2-8-18-12/h1-9H,(H,20,21). The van der Waals surface area contributed by atoms with E-state index in [0.29, 0.717) is 5.69 Å². The summed E-state index contributed by atoms with van der Waals surface area (Å²) in [4.78, 5) is 19.8. The quantitative estimate of drug-likeness (QED) is 0.534. The minimum absolute atomic E-state index is 0.158. The number of nitrogens with zero attached hydrogens (tertiary/aromatic N) is 2. The van der Waals surface area contributed by atoms with E-state index in [4.69, 9.17) is 0 Å². The SMILES string of the molecule is O=C(Nc1ccc(C(F)(F)F)cc1)ON=Cc1ccccn1. The van der Waals surface area contributed by atoms with Gasteiger partial charge in [-0.05, 0) is 36.4 Å². The zero-order valence-electron chi connectivity index (χ0n) is 11.0. The van der Waals surface area contributed by atoms with E-state index in [2.05, 4.69) is 20.3 Å². The highest BCUT2D eigenvalue weighted by Crippen LogP contribution is 2.29. The van der Waals surface area contributed by atoms with Gasteiger partial charge in [0.15, 0.2) is 0 Å². The largest absolute Gasteiger partial charge is 0.437 e. The molecule has 0 aliphatic carbocycles. The van der Waals surface area contributed by atoms with E-state index in [0.717, 1.165) is 24.3 Å². The molecule has 2 aromatic rings. The van der Waals surface area contributed by atoms with Crippen LogP contribution < -0.4 is 5.32 Å². The predicted molar refractivity (Wildman–Crippen MR) is 73.4 cm³/mol. The minimum atomic E-state index is -4.42. The number of anilines is 1. The average molecular weight is 309 g/mol. The van der Waals surface area contributed by atoms with Gasteiger partial charge in [0.2, 0.25) is 0 Å². The highest BCUT2D eigenvalue weighted by atomic mass is 19.4. The summed E-state index contributed by atoms with van der Waals surface area (Å²) < 4.78 is 37.1. The molecular formula is C14H10F3N3O2. The fourth-order valence-corrected chi connectivity index (χ4v) is 1.46. The van der Waals surface area contributed by atoms with Crippen LogP contribution in [0.3, 0.4) is 0 Å². The van der Waals surface area contributed by atoms with Gasteiger partial charge in [-0.3, -0.25) is 15.1 Å². The number of amides is 1. The van der Waals surface area contributed by atoms with Crippen molar-refractivity contribution in [3.63, 3.8) is 0 Å². The number of hydrogen-bond donors (Lipinski definition) is 1. The van der Waals surface area contributed by atoms with Crippen molar-refractivity contribution in [2.45, 2.75) is 6.18 Å². The summed E-state index contributed by atoms with van der Waals surface area (Å²) in [5, 5.41) is 5.66. The highest BCUT2D eigenvalue weighted by Gasteiger charge is 2.29. The molecule has 1 aromatic heterocycles. The molecule has 0 fully saturated rings. The van der Waals surface area contributed by atoms with Gasteiger partial charge in [0.25, 0.3) is 0 Å². The summed E-state index contributed by atoms with van der Waals surface area (Å²) in [7, 11) is 0. The van der Waals surface area contributed by atoms with Crippen LogP contribution in [0.5, 0.6) is 0 Å². The van der Waals surface area contributed by atoms with Crippen LogP contribution in [0.25, 0.3) is 0 Å². The molecule has 1 heterocycles. The van der Waals surface area contributed by atoms with Gasteiger partial charge in [-0.15, -0.1) is 0 Å². The second-order valence-electron chi connectivity index (χ2n) is 4.07. The molecule has 1 N–H and O–H groups in total. The van der Waals surface area contributed by atoms with Crippen molar-refractivity contribution < 1.29 is 22.8 Å². The zero-order valence-corrected chi connectivity index (χ0v) is 11.0. The van der Waals surface area contributed by atoms with Gasteiger partial charge in [-0.1, -0.05) is 11.2 Å². The van der Waals surface area contributed by atoms with Gasteiger partial charge in [-0.25, -0.2) is 4.79 Å². The van der Waals surface area contributed by atoms with Crippen LogP contribution in [0.2, 0.25) is 0 Å². The minimum Gasteiger partial charge on any atom is -0.298 e. The number of pyridine rings is 1. The zero-order chi connectivity index (χ0) is 16.0. The Labute approximate surface area is 123 Å². The Bertz CT molecular complexity index is 655. The van der Waals surface area contributed by atoms with E-state index in [-0.39, 0.29) is 5.69 Å². The lowest BCUT2D eigenvalue weighted by atomic mass is 10.2. The maximum absolute atomic E-state index is 12.4. The first kappa shape index (κ1) is 15.5. The number of halogens is 3. The molecule has 0 aliphatic rings. The van der Waals surface area contributed by atoms with Crippen LogP contribution >= 0.6 is 0 Å². The number of carbonyl (C=O) groups is 1. The van der Waals surface area contributed by atoms with E-state index < -0.39 is 17.8 Å². The Morgan fingerprint density at radius 1 is 1.18 bits per heavy atom. The average Bonchev–Trinajstić information content (AvgIpc) is 2.48. The number of rotatable bonds is 3. The molecule has 2 rings (SSSR count). The molecule has 114 valence electrons. The number of nitrogens with one attached hydrogen (secondary N) is 1. The van der Waals surface area contributed by atoms with E-state index in [1.807, 2.05) is 0 Å². The molecule has 1 aromatic carbocycles. The van der Waals surface area contributed by atoms with Crippen molar-refractivity contribution in [2.75, 3.05) is 5.32 Å². The van der Waals surface area contributed by atoms with Crippen molar-refractivity contribution in [3.8, 4) is 0 Å². The summed E-state index contributed by atoms with van der Waals surface area (Å²) in [6.45, 7) is 0. The Morgan fingerprint density at radius 2 is 1.91 bits per heavy atom. The number of aromatic nitrogens is 1. The summed E-state index contributed by atoms with van der Waals surface area (Å²) in [5.74, 6) is 0. The number of carbonyl (C=O) groups excluding carboxylic acids is 1. The molecule has 0 saturated carbocycles. The van der Waals surface area contributed by atoms with Gasteiger partial charge in [0.05, 0.1) is 17.5 Å². The lowest BCUT2D eigenvalue weighted by Gasteiger charge is -2.07. The lowest BCUT2D eigenvalue weighted by Crippen LogP contribution is -2.11. The van der Waals surface area contributed by atoms with Gasteiger partial charge >= 0.3 is 12.3 Å². The van der Waals surface area contributed by atoms with Crippen LogP contribution in [-0.4, -0.2) is 17.3 Å².